The van der Waals surface area contributed by atoms with Gasteiger partial charge in [-0.25, -0.2) is 0 Å². The van der Waals surface area contributed by atoms with Gasteiger partial charge in [-0.2, -0.15) is 13.2 Å². The SMILES string of the molecule is OCc1ccccc1-c1cc(OCC(O)CN2CCCC2)cc(C(F)(F)F)c1. The van der Waals surface area contributed by atoms with Crippen molar-refractivity contribution in [2.24, 2.45) is 0 Å². The van der Waals surface area contributed by atoms with Gasteiger partial charge in [0.05, 0.1) is 12.2 Å². The molecule has 2 aromatic carbocycles. The molecule has 2 aromatic rings. The van der Waals surface area contributed by atoms with Gasteiger partial charge in [0.1, 0.15) is 18.5 Å². The van der Waals surface area contributed by atoms with Gasteiger partial charge in [-0.3, -0.25) is 0 Å². The summed E-state index contributed by atoms with van der Waals surface area (Å²) in [5, 5.41) is 19.6. The van der Waals surface area contributed by atoms with Crippen molar-refractivity contribution in [1.29, 1.82) is 0 Å². The van der Waals surface area contributed by atoms with E-state index in [-0.39, 0.29) is 19.0 Å². The van der Waals surface area contributed by atoms with Gasteiger partial charge >= 0.3 is 6.18 Å². The predicted molar refractivity (Wildman–Crippen MR) is 100.0 cm³/mol. The summed E-state index contributed by atoms with van der Waals surface area (Å²) in [6, 6.07) is 10.2. The Kier molecular flexibility index (Phi) is 6.59. The van der Waals surface area contributed by atoms with Crippen molar-refractivity contribution in [2.45, 2.75) is 31.7 Å². The maximum absolute atomic E-state index is 13.4. The molecule has 0 aromatic heterocycles. The van der Waals surface area contributed by atoms with Crippen molar-refractivity contribution in [3.63, 3.8) is 0 Å². The summed E-state index contributed by atoms with van der Waals surface area (Å²) >= 11 is 0. The van der Waals surface area contributed by atoms with Crippen molar-refractivity contribution in [3.05, 3.63) is 53.6 Å². The molecule has 0 spiro atoms. The van der Waals surface area contributed by atoms with E-state index in [1.165, 1.54) is 6.07 Å². The van der Waals surface area contributed by atoms with Gasteiger partial charge in [-0.1, -0.05) is 24.3 Å². The van der Waals surface area contributed by atoms with Crippen LogP contribution in [0.15, 0.2) is 42.5 Å². The smallest absolute Gasteiger partial charge is 0.416 e. The van der Waals surface area contributed by atoms with Gasteiger partial charge in [-0.05, 0) is 60.8 Å². The predicted octanol–water partition coefficient (Wildman–Crippen LogP) is 3.70. The maximum atomic E-state index is 13.4. The lowest BCUT2D eigenvalue weighted by Gasteiger charge is -2.20. The lowest BCUT2D eigenvalue weighted by atomic mass is 9.98. The molecular weight excluding hydrogens is 371 g/mol. The largest absolute Gasteiger partial charge is 0.491 e. The number of hydrogen-bond donors (Lipinski definition) is 2. The number of aliphatic hydroxyl groups is 2. The van der Waals surface area contributed by atoms with Crippen LogP contribution < -0.4 is 4.74 Å². The van der Waals surface area contributed by atoms with Gasteiger partial charge in [0, 0.05) is 6.54 Å². The maximum Gasteiger partial charge on any atom is 0.416 e. The average molecular weight is 395 g/mol. The van der Waals surface area contributed by atoms with Gasteiger partial charge in [0.2, 0.25) is 0 Å². The van der Waals surface area contributed by atoms with Crippen molar-refractivity contribution >= 4 is 0 Å². The van der Waals surface area contributed by atoms with E-state index in [1.54, 1.807) is 24.3 Å². The second-order valence-electron chi connectivity index (χ2n) is 7.03. The Balaban J connectivity index is 1.82. The second kappa shape index (κ2) is 8.94. The normalized spacial score (nSPS) is 16.3. The van der Waals surface area contributed by atoms with Crippen molar-refractivity contribution in [2.75, 3.05) is 26.2 Å². The van der Waals surface area contributed by atoms with E-state index in [0.29, 0.717) is 23.2 Å². The highest BCUT2D eigenvalue weighted by atomic mass is 19.4. The van der Waals surface area contributed by atoms with E-state index in [0.717, 1.165) is 38.1 Å². The van der Waals surface area contributed by atoms with E-state index in [2.05, 4.69) is 4.90 Å². The van der Waals surface area contributed by atoms with Crippen LogP contribution in [0.4, 0.5) is 13.2 Å². The Morgan fingerprint density at radius 3 is 2.46 bits per heavy atom. The summed E-state index contributed by atoms with van der Waals surface area (Å²) in [4.78, 5) is 2.11. The number of nitrogens with zero attached hydrogens (tertiary/aromatic N) is 1. The molecule has 152 valence electrons. The minimum atomic E-state index is -4.53. The second-order valence-corrected chi connectivity index (χ2v) is 7.03. The van der Waals surface area contributed by atoms with E-state index < -0.39 is 17.8 Å². The van der Waals surface area contributed by atoms with Crippen molar-refractivity contribution in [1.82, 2.24) is 4.90 Å². The Labute approximate surface area is 162 Å². The van der Waals surface area contributed by atoms with Crippen LogP contribution in [0.1, 0.15) is 24.0 Å². The summed E-state index contributed by atoms with van der Waals surface area (Å²) in [5.41, 5.74) is 0.519. The van der Waals surface area contributed by atoms with E-state index in [9.17, 15) is 23.4 Å². The van der Waals surface area contributed by atoms with E-state index in [1.807, 2.05) is 0 Å². The highest BCUT2D eigenvalue weighted by Crippen LogP contribution is 2.36. The molecule has 4 nitrogen and oxygen atoms in total. The van der Waals surface area contributed by atoms with Crippen LogP contribution >= 0.6 is 0 Å². The highest BCUT2D eigenvalue weighted by Gasteiger charge is 2.32. The molecule has 2 N–H and O–H groups in total. The zero-order chi connectivity index (χ0) is 20.1. The van der Waals surface area contributed by atoms with Crippen molar-refractivity contribution in [3.8, 4) is 16.9 Å². The van der Waals surface area contributed by atoms with Crippen LogP contribution in [-0.2, 0) is 12.8 Å². The van der Waals surface area contributed by atoms with Crippen LogP contribution in [0.25, 0.3) is 11.1 Å². The Bertz CT molecular complexity index is 789. The van der Waals surface area contributed by atoms with Gasteiger partial charge in [-0.15, -0.1) is 0 Å². The molecule has 1 aliphatic heterocycles. The van der Waals surface area contributed by atoms with Gasteiger partial charge in [0.15, 0.2) is 0 Å². The molecule has 28 heavy (non-hydrogen) atoms. The van der Waals surface area contributed by atoms with Gasteiger partial charge in [0.25, 0.3) is 0 Å². The van der Waals surface area contributed by atoms with Crippen molar-refractivity contribution < 1.29 is 28.1 Å². The molecule has 1 fully saturated rings. The Hall–Kier alpha value is -2.09. The highest BCUT2D eigenvalue weighted by molar-refractivity contribution is 5.69. The minimum absolute atomic E-state index is 0.0399. The molecular formula is C21H24F3NO3. The topological polar surface area (TPSA) is 52.9 Å². The molecule has 0 aliphatic carbocycles. The molecule has 0 bridgehead atoms. The molecule has 7 heteroatoms. The number of rotatable bonds is 7. The Morgan fingerprint density at radius 2 is 1.79 bits per heavy atom. The first-order chi connectivity index (χ1) is 13.4. The fourth-order valence-electron chi connectivity index (χ4n) is 3.45. The number of ether oxygens (including phenoxy) is 1. The molecule has 0 saturated carbocycles. The van der Waals surface area contributed by atoms with E-state index >= 15 is 0 Å². The third-order valence-electron chi connectivity index (χ3n) is 4.84. The third kappa shape index (κ3) is 5.25. The monoisotopic (exact) mass is 395 g/mol. The van der Waals surface area contributed by atoms with Gasteiger partial charge < -0.3 is 19.8 Å². The first-order valence-corrected chi connectivity index (χ1v) is 9.31. The quantitative estimate of drug-likeness (QED) is 0.751. The van der Waals surface area contributed by atoms with Crippen LogP contribution in [0, 0.1) is 0 Å². The zero-order valence-electron chi connectivity index (χ0n) is 15.5. The number of likely N-dealkylation sites (tertiary alicyclic amines) is 1. The summed E-state index contributed by atoms with van der Waals surface area (Å²) in [5.74, 6) is 0.0399. The summed E-state index contributed by atoms with van der Waals surface area (Å²) in [7, 11) is 0. The first-order valence-electron chi connectivity index (χ1n) is 9.31. The number of aliphatic hydroxyl groups excluding tert-OH is 2. The molecule has 1 atom stereocenters. The fourth-order valence-corrected chi connectivity index (χ4v) is 3.45. The molecule has 0 radical (unpaired) electrons. The fraction of sp³-hybridized carbons (Fsp3) is 0.429. The lowest BCUT2D eigenvalue weighted by Crippen LogP contribution is -2.33. The molecule has 1 heterocycles. The average Bonchev–Trinajstić information content (AvgIpc) is 3.18. The summed E-state index contributed by atoms with van der Waals surface area (Å²) in [6.07, 6.45) is -3.12. The number of alkyl halides is 3. The standard InChI is InChI=1S/C21H24F3NO3/c22-21(23,24)17-9-16(20-6-2-1-5-15(20)13-26)10-19(11-17)28-14-18(27)12-25-7-3-4-8-25/h1-2,5-6,9-11,18,26-27H,3-4,7-8,12-14H2. The number of hydrogen-bond acceptors (Lipinski definition) is 4. The van der Waals surface area contributed by atoms with Crippen LogP contribution in [0.2, 0.25) is 0 Å². The van der Waals surface area contributed by atoms with Crippen LogP contribution in [0.5, 0.6) is 5.75 Å². The first kappa shape index (κ1) is 20.6. The number of halogens is 3. The lowest BCUT2D eigenvalue weighted by molar-refractivity contribution is -0.137. The minimum Gasteiger partial charge on any atom is -0.491 e. The van der Waals surface area contributed by atoms with E-state index in [4.69, 9.17) is 4.74 Å². The number of benzene rings is 2. The zero-order valence-corrected chi connectivity index (χ0v) is 15.5. The molecule has 1 aliphatic rings. The molecule has 1 unspecified atom stereocenters. The van der Waals surface area contributed by atoms with Crippen LogP contribution in [0.3, 0.4) is 0 Å². The summed E-state index contributed by atoms with van der Waals surface area (Å²) < 4.78 is 45.6. The molecule has 1 saturated heterocycles. The number of β-amino-alcohol motifs (C(OH)–C–C–N with tert-alkyl or cyclic N) is 1. The molecule has 0 amide bonds. The molecule has 3 rings (SSSR count). The third-order valence-corrected chi connectivity index (χ3v) is 4.84. The Morgan fingerprint density at radius 1 is 1.07 bits per heavy atom. The van der Waals surface area contributed by atoms with Crippen LogP contribution in [-0.4, -0.2) is 47.5 Å². The summed E-state index contributed by atoms with van der Waals surface area (Å²) in [6.45, 7) is 1.92.